The number of hydrogen-bond donors (Lipinski definition) is 0. The summed E-state index contributed by atoms with van der Waals surface area (Å²) in [5, 5.41) is 1.48. The van der Waals surface area contributed by atoms with Crippen molar-refractivity contribution in [2.24, 2.45) is 0 Å². The van der Waals surface area contributed by atoms with Crippen molar-refractivity contribution in [3.05, 3.63) is 30.3 Å². The summed E-state index contributed by atoms with van der Waals surface area (Å²) in [5.41, 5.74) is 0. The van der Waals surface area contributed by atoms with Crippen LogP contribution in [0.4, 0.5) is 0 Å². The summed E-state index contributed by atoms with van der Waals surface area (Å²) in [6, 6.07) is 10.6. The second kappa shape index (κ2) is 4.52. The molecule has 0 atom stereocenters. The van der Waals surface area contributed by atoms with Crippen LogP contribution in [0.25, 0.3) is 0 Å². The van der Waals surface area contributed by atoms with Gasteiger partial charge in [0, 0.05) is 8.41 Å². The maximum atomic E-state index is 2.27. The quantitative estimate of drug-likeness (QED) is 0.420. The lowest BCUT2D eigenvalue weighted by Gasteiger charge is -2.02. The van der Waals surface area contributed by atoms with E-state index in [4.69, 9.17) is 0 Å². The van der Waals surface area contributed by atoms with Crippen LogP contribution >= 0.6 is 7.92 Å². The molecule has 0 aliphatic carbocycles. The number of benzene rings is 1. The smallest absolute Gasteiger partial charge is 0 e. The fourth-order valence-electron chi connectivity index (χ4n) is 0.726. The van der Waals surface area contributed by atoms with Gasteiger partial charge < -0.3 is 0 Å². The Morgan fingerprint density at radius 1 is 1.00 bits per heavy atom. The van der Waals surface area contributed by atoms with E-state index in [-0.39, 0.29) is 16.3 Å². The minimum Gasteiger partial charge on any atom is -0.0817 e. The van der Waals surface area contributed by atoms with Crippen molar-refractivity contribution in [1.29, 1.82) is 0 Å². The van der Waals surface area contributed by atoms with Crippen molar-refractivity contribution in [3.8, 4) is 0 Å². The maximum Gasteiger partial charge on any atom is 0 e. The van der Waals surface area contributed by atoms with Crippen LogP contribution in [-0.2, 0) is 0 Å². The van der Waals surface area contributed by atoms with Crippen molar-refractivity contribution >= 4 is 21.6 Å². The Bertz CT molecular complexity index is 172. The maximum absolute atomic E-state index is 2.27. The van der Waals surface area contributed by atoms with E-state index >= 15 is 0 Å². The van der Waals surface area contributed by atoms with E-state index in [2.05, 4.69) is 43.7 Å². The number of rotatable bonds is 1. The molecule has 0 aliphatic rings. The van der Waals surface area contributed by atoms with Gasteiger partial charge in [0.2, 0.25) is 0 Å². The minimum atomic E-state index is 0. The molecule has 0 aromatic heterocycles. The third-order valence-corrected chi connectivity index (χ3v) is 2.60. The normalized spacial score (nSPS) is 9.10. The van der Waals surface area contributed by atoms with Gasteiger partial charge in [-0.05, 0) is 18.6 Å². The zero-order chi connectivity index (χ0) is 6.69. The van der Waals surface area contributed by atoms with E-state index in [1.807, 2.05) is 0 Å². The molecule has 0 nitrogen and oxygen atoms in total. The van der Waals surface area contributed by atoms with E-state index < -0.39 is 0 Å². The first-order valence-corrected chi connectivity index (χ1v) is 5.26. The molecule has 0 aliphatic heterocycles. The molecule has 0 saturated carbocycles. The Hall–Kier alpha value is -0.285. The molecule has 0 N–H and O–H groups in total. The second-order valence-electron chi connectivity index (χ2n) is 2.23. The summed E-state index contributed by atoms with van der Waals surface area (Å²) >= 11 is 0. The summed E-state index contributed by atoms with van der Waals surface area (Å²) in [5.74, 6) is 0. The van der Waals surface area contributed by atoms with Gasteiger partial charge in [-0.1, -0.05) is 38.3 Å². The predicted molar refractivity (Wildman–Crippen MR) is 50.6 cm³/mol. The van der Waals surface area contributed by atoms with E-state index in [0.29, 0.717) is 0 Å². The molecule has 10 heavy (non-hydrogen) atoms. The molecule has 0 fully saturated rings. The summed E-state index contributed by atoms with van der Waals surface area (Å²) in [4.78, 5) is 0. The SMILES string of the molecule is CP(C)c1ccccc1.[B]. The molecule has 0 unspecified atom stereocenters. The topological polar surface area (TPSA) is 0 Å². The average molecular weight is 149 g/mol. The first-order chi connectivity index (χ1) is 4.30. The van der Waals surface area contributed by atoms with Gasteiger partial charge in [0.05, 0.1) is 0 Å². The lowest BCUT2D eigenvalue weighted by molar-refractivity contribution is 1.77. The predicted octanol–water partition coefficient (Wildman–Crippen LogP) is 1.67. The van der Waals surface area contributed by atoms with Gasteiger partial charge in [-0.3, -0.25) is 0 Å². The van der Waals surface area contributed by atoms with Gasteiger partial charge >= 0.3 is 0 Å². The van der Waals surface area contributed by atoms with Crippen LogP contribution in [0.5, 0.6) is 0 Å². The molecular weight excluding hydrogens is 138 g/mol. The first-order valence-electron chi connectivity index (χ1n) is 3.03. The lowest BCUT2D eigenvalue weighted by Crippen LogP contribution is -1.95. The standard InChI is InChI=1S/C8H11P.B/c1-9(2)8-6-4-3-5-7-8;/h3-7H,1-2H3;. The van der Waals surface area contributed by atoms with Crippen LogP contribution in [0.3, 0.4) is 0 Å². The van der Waals surface area contributed by atoms with Crippen LogP contribution in [0, 0.1) is 0 Å². The van der Waals surface area contributed by atoms with Crippen LogP contribution in [-0.4, -0.2) is 21.7 Å². The number of hydrogen-bond acceptors (Lipinski definition) is 0. The highest BCUT2D eigenvalue weighted by Crippen LogP contribution is 2.22. The average Bonchev–Trinajstić information content (AvgIpc) is 1.90. The van der Waals surface area contributed by atoms with E-state index in [0.717, 1.165) is 0 Å². The Kier molecular flexibility index (Phi) is 4.39. The zero-order valence-electron chi connectivity index (χ0n) is 6.41. The summed E-state index contributed by atoms with van der Waals surface area (Å²) < 4.78 is 0. The molecule has 0 spiro atoms. The molecule has 1 aromatic rings. The third kappa shape index (κ3) is 2.53. The van der Waals surface area contributed by atoms with Crippen molar-refractivity contribution in [3.63, 3.8) is 0 Å². The molecular formula is C8H11BP. The fraction of sp³-hybridized carbons (Fsp3) is 0.250. The minimum absolute atomic E-state index is 0. The van der Waals surface area contributed by atoms with Gasteiger partial charge in [0.1, 0.15) is 0 Å². The van der Waals surface area contributed by atoms with Gasteiger partial charge in [0.25, 0.3) is 0 Å². The van der Waals surface area contributed by atoms with E-state index in [9.17, 15) is 0 Å². The Labute approximate surface area is 66.0 Å². The highest BCUT2D eigenvalue weighted by atomic mass is 31.1. The van der Waals surface area contributed by atoms with Crippen LogP contribution in [0.15, 0.2) is 30.3 Å². The van der Waals surface area contributed by atoms with Crippen LogP contribution in [0.2, 0.25) is 0 Å². The summed E-state index contributed by atoms with van der Waals surface area (Å²) in [6.45, 7) is 4.54. The summed E-state index contributed by atoms with van der Waals surface area (Å²) in [6.07, 6.45) is 0. The molecule has 0 amide bonds. The van der Waals surface area contributed by atoms with Crippen molar-refractivity contribution in [2.75, 3.05) is 13.3 Å². The third-order valence-electron chi connectivity index (χ3n) is 1.27. The van der Waals surface area contributed by atoms with Crippen molar-refractivity contribution < 1.29 is 0 Å². The van der Waals surface area contributed by atoms with Crippen molar-refractivity contribution in [1.82, 2.24) is 0 Å². The van der Waals surface area contributed by atoms with Gasteiger partial charge in [-0.15, -0.1) is 0 Å². The first kappa shape index (κ1) is 9.71. The summed E-state index contributed by atoms with van der Waals surface area (Å²) in [7, 11) is 0.104. The Morgan fingerprint density at radius 3 is 1.80 bits per heavy atom. The van der Waals surface area contributed by atoms with Crippen LogP contribution < -0.4 is 5.30 Å². The molecule has 0 bridgehead atoms. The highest BCUT2D eigenvalue weighted by molar-refractivity contribution is 7.64. The Balaban J connectivity index is 0.000000810. The van der Waals surface area contributed by atoms with E-state index in [1.54, 1.807) is 0 Å². The van der Waals surface area contributed by atoms with E-state index in [1.165, 1.54) is 5.30 Å². The molecule has 0 saturated heterocycles. The molecule has 3 radical (unpaired) electrons. The molecule has 0 heterocycles. The molecule has 2 heteroatoms. The zero-order valence-corrected chi connectivity index (χ0v) is 7.31. The van der Waals surface area contributed by atoms with Crippen molar-refractivity contribution in [2.45, 2.75) is 0 Å². The second-order valence-corrected chi connectivity index (χ2v) is 4.54. The van der Waals surface area contributed by atoms with Gasteiger partial charge in [-0.2, -0.15) is 0 Å². The van der Waals surface area contributed by atoms with Gasteiger partial charge in [0.15, 0.2) is 0 Å². The molecule has 1 aromatic carbocycles. The molecule has 1 rings (SSSR count). The monoisotopic (exact) mass is 149 g/mol. The largest absolute Gasteiger partial charge is 0.0817 e. The Morgan fingerprint density at radius 2 is 1.50 bits per heavy atom. The highest BCUT2D eigenvalue weighted by Gasteiger charge is 1.92. The van der Waals surface area contributed by atoms with Gasteiger partial charge in [-0.25, -0.2) is 0 Å². The lowest BCUT2D eigenvalue weighted by atomic mass is 10.4. The van der Waals surface area contributed by atoms with Crippen LogP contribution in [0.1, 0.15) is 0 Å². The molecule has 51 valence electrons. The fourth-order valence-corrected chi connectivity index (χ4v) is 1.49.